The molecule has 1 aromatic carbocycles. The fourth-order valence-electron chi connectivity index (χ4n) is 8.04. The van der Waals surface area contributed by atoms with Gasteiger partial charge in [0.2, 0.25) is 0 Å². The average Bonchev–Trinajstić information content (AvgIpc) is 2.97. The maximum absolute atomic E-state index is 13.7. The Kier molecular flexibility index (Phi) is 5.63. The van der Waals surface area contributed by atoms with Crippen LogP contribution >= 0.6 is 12.2 Å². The Labute approximate surface area is 210 Å². The second kappa shape index (κ2) is 8.25. The molecule has 0 amide bonds. The minimum atomic E-state index is -4.41. The Bertz CT molecular complexity index is 1010. The fraction of sp³-hybridized carbons (Fsp3) is 0.704. The molecule has 1 atom stereocenters. The lowest BCUT2D eigenvalue weighted by Crippen LogP contribution is -2.54. The van der Waals surface area contributed by atoms with Crippen molar-refractivity contribution in [1.82, 2.24) is 4.90 Å². The number of halogens is 3. The first-order valence-electron chi connectivity index (χ1n) is 13.0. The highest BCUT2D eigenvalue weighted by Crippen LogP contribution is 2.58. The Hall–Kier alpha value is -1.51. The van der Waals surface area contributed by atoms with Crippen LogP contribution in [0.1, 0.15) is 57.9 Å². The molecule has 4 aliphatic carbocycles. The number of alkyl halides is 3. The van der Waals surface area contributed by atoms with Crippen LogP contribution in [0.3, 0.4) is 0 Å². The molecule has 2 aliphatic heterocycles. The van der Waals surface area contributed by atoms with Gasteiger partial charge in [0.25, 0.3) is 0 Å². The summed E-state index contributed by atoms with van der Waals surface area (Å²) >= 11 is 6.03. The average molecular weight is 506 g/mol. The van der Waals surface area contributed by atoms with Crippen molar-refractivity contribution in [2.24, 2.45) is 28.2 Å². The van der Waals surface area contributed by atoms with Crippen molar-refractivity contribution in [3.05, 3.63) is 29.8 Å². The first kappa shape index (κ1) is 23.9. The van der Waals surface area contributed by atoms with Crippen molar-refractivity contribution in [3.8, 4) is 0 Å². The molecular weight excluding hydrogens is 471 g/mol. The van der Waals surface area contributed by atoms with E-state index in [0.29, 0.717) is 23.9 Å². The molecule has 0 N–H and O–H groups in total. The molecule has 1 aromatic rings. The minimum absolute atomic E-state index is 0.0820. The van der Waals surface area contributed by atoms with Crippen LogP contribution in [0.5, 0.6) is 0 Å². The summed E-state index contributed by atoms with van der Waals surface area (Å²) in [6.07, 6.45) is 2.84. The zero-order valence-electron chi connectivity index (χ0n) is 20.5. The third kappa shape index (κ3) is 4.04. The number of amidine groups is 1. The highest BCUT2D eigenvalue weighted by atomic mass is 32.1. The number of aliphatic imine (C=N–C) groups is 1. The SMILES string of the molecule is CC1(C)C(=S)N(c2cccc(C(F)(F)F)c2)C(=NC23CC4CC(CC(C4)C2)C3)C1N1CCOCC1. The third-order valence-corrected chi connectivity index (χ3v) is 9.82. The first-order chi connectivity index (χ1) is 16.6. The molecule has 35 heavy (non-hydrogen) atoms. The quantitative estimate of drug-likeness (QED) is 0.475. The Balaban J connectivity index is 1.48. The first-order valence-corrected chi connectivity index (χ1v) is 13.4. The number of nitrogens with zero attached hydrogens (tertiary/aromatic N) is 3. The van der Waals surface area contributed by atoms with Gasteiger partial charge in [-0.05, 0) is 74.5 Å². The van der Waals surface area contributed by atoms with Gasteiger partial charge in [-0.3, -0.25) is 14.8 Å². The lowest BCUT2D eigenvalue weighted by molar-refractivity contribution is -0.137. The molecule has 0 spiro atoms. The molecule has 2 saturated heterocycles. The van der Waals surface area contributed by atoms with Crippen LogP contribution in [0.15, 0.2) is 29.3 Å². The number of benzene rings is 1. The number of morpholine rings is 1. The standard InChI is InChI=1S/C27H34F3N3OS/c1-25(2)22(32-6-8-34-9-7-32)23(31-26-14-17-10-18(15-26)12-19(11-17)16-26)33(24(25)35)21-5-3-4-20(13-21)27(28,29)30/h3-5,13,17-19,22H,6-12,14-16H2,1-2H3. The zero-order chi connectivity index (χ0) is 24.6. The van der Waals surface area contributed by atoms with E-state index in [1.165, 1.54) is 31.4 Å². The number of thiocarbonyl (C=S) groups is 1. The van der Waals surface area contributed by atoms with E-state index in [2.05, 4.69) is 18.7 Å². The maximum Gasteiger partial charge on any atom is 0.416 e. The van der Waals surface area contributed by atoms with Gasteiger partial charge in [-0.25, -0.2) is 0 Å². The van der Waals surface area contributed by atoms with Crippen molar-refractivity contribution in [2.75, 3.05) is 31.2 Å². The molecule has 6 aliphatic rings. The largest absolute Gasteiger partial charge is 0.416 e. The monoisotopic (exact) mass is 505 g/mol. The molecular formula is C27H34F3N3OS. The molecule has 4 bridgehead atoms. The molecule has 0 aromatic heterocycles. The van der Waals surface area contributed by atoms with Gasteiger partial charge in [0.15, 0.2) is 0 Å². The molecule has 1 unspecified atom stereocenters. The normalized spacial score (nSPS) is 38.0. The smallest absolute Gasteiger partial charge is 0.379 e. The van der Waals surface area contributed by atoms with Crippen LogP contribution in [-0.2, 0) is 10.9 Å². The topological polar surface area (TPSA) is 28.1 Å². The summed E-state index contributed by atoms with van der Waals surface area (Å²) in [6.45, 7) is 7.08. The Morgan fingerprint density at radius 1 is 1.00 bits per heavy atom. The predicted octanol–water partition coefficient (Wildman–Crippen LogP) is 5.95. The lowest BCUT2D eigenvalue weighted by Gasteiger charge is -2.55. The summed E-state index contributed by atoms with van der Waals surface area (Å²) in [5.41, 5.74) is -0.733. The van der Waals surface area contributed by atoms with Gasteiger partial charge in [0, 0.05) is 24.2 Å². The van der Waals surface area contributed by atoms with E-state index < -0.39 is 17.2 Å². The van der Waals surface area contributed by atoms with Gasteiger partial charge in [-0.2, -0.15) is 13.2 Å². The van der Waals surface area contributed by atoms with E-state index in [-0.39, 0.29) is 11.6 Å². The van der Waals surface area contributed by atoms with E-state index in [1.54, 1.807) is 6.07 Å². The molecule has 4 saturated carbocycles. The van der Waals surface area contributed by atoms with Gasteiger partial charge in [-0.1, -0.05) is 32.1 Å². The molecule has 0 radical (unpaired) electrons. The van der Waals surface area contributed by atoms with Crippen molar-refractivity contribution >= 4 is 28.7 Å². The number of anilines is 1. The number of hydrogen-bond donors (Lipinski definition) is 0. The summed E-state index contributed by atoms with van der Waals surface area (Å²) in [5.74, 6) is 3.05. The van der Waals surface area contributed by atoms with E-state index in [4.69, 9.17) is 21.9 Å². The van der Waals surface area contributed by atoms with Gasteiger partial charge >= 0.3 is 6.18 Å². The van der Waals surface area contributed by atoms with Gasteiger partial charge in [-0.15, -0.1) is 0 Å². The van der Waals surface area contributed by atoms with E-state index in [0.717, 1.165) is 62.0 Å². The van der Waals surface area contributed by atoms with Crippen LogP contribution < -0.4 is 4.90 Å². The van der Waals surface area contributed by atoms with Crippen LogP contribution in [0, 0.1) is 23.2 Å². The van der Waals surface area contributed by atoms with E-state index in [9.17, 15) is 13.2 Å². The highest BCUT2D eigenvalue weighted by Gasteiger charge is 2.56. The molecule has 7 rings (SSSR count). The number of ether oxygens (including phenoxy) is 1. The van der Waals surface area contributed by atoms with Crippen molar-refractivity contribution in [3.63, 3.8) is 0 Å². The van der Waals surface area contributed by atoms with Crippen LogP contribution in [0.4, 0.5) is 18.9 Å². The fourth-order valence-corrected chi connectivity index (χ4v) is 8.35. The summed E-state index contributed by atoms with van der Waals surface area (Å²) in [5, 5.41) is 0. The van der Waals surface area contributed by atoms with Crippen molar-refractivity contribution in [1.29, 1.82) is 0 Å². The Morgan fingerprint density at radius 3 is 2.17 bits per heavy atom. The van der Waals surface area contributed by atoms with Gasteiger partial charge in [0.05, 0.1) is 35.3 Å². The molecule has 190 valence electrons. The summed E-state index contributed by atoms with van der Waals surface area (Å²) in [7, 11) is 0. The van der Waals surface area contributed by atoms with Crippen LogP contribution in [0.25, 0.3) is 0 Å². The summed E-state index contributed by atoms with van der Waals surface area (Å²) in [6, 6.07) is 5.51. The van der Waals surface area contributed by atoms with Crippen molar-refractivity contribution in [2.45, 2.75) is 70.1 Å². The summed E-state index contributed by atoms with van der Waals surface area (Å²) in [4.78, 5) is 10.5. The maximum atomic E-state index is 13.7. The summed E-state index contributed by atoms with van der Waals surface area (Å²) < 4.78 is 46.6. The zero-order valence-corrected chi connectivity index (χ0v) is 21.3. The highest BCUT2D eigenvalue weighted by molar-refractivity contribution is 7.80. The third-order valence-electron chi connectivity index (χ3n) is 9.11. The number of rotatable bonds is 3. The van der Waals surface area contributed by atoms with Crippen LogP contribution in [-0.4, -0.2) is 53.6 Å². The minimum Gasteiger partial charge on any atom is -0.379 e. The molecule has 8 heteroatoms. The van der Waals surface area contributed by atoms with E-state index >= 15 is 0 Å². The molecule has 2 heterocycles. The molecule has 4 nitrogen and oxygen atoms in total. The predicted molar refractivity (Wildman–Crippen MR) is 135 cm³/mol. The van der Waals surface area contributed by atoms with Crippen molar-refractivity contribution < 1.29 is 17.9 Å². The van der Waals surface area contributed by atoms with E-state index in [1.807, 2.05) is 4.90 Å². The Morgan fingerprint density at radius 2 is 1.60 bits per heavy atom. The van der Waals surface area contributed by atoms with Gasteiger partial charge < -0.3 is 4.74 Å². The van der Waals surface area contributed by atoms with Gasteiger partial charge in [0.1, 0.15) is 5.84 Å². The number of hydrogen-bond acceptors (Lipinski definition) is 4. The molecule has 6 fully saturated rings. The second-order valence-electron chi connectivity index (χ2n) is 12.1. The second-order valence-corrected chi connectivity index (χ2v) is 12.5. The lowest BCUT2D eigenvalue weighted by atomic mass is 9.53. The van der Waals surface area contributed by atoms with Crippen LogP contribution in [0.2, 0.25) is 0 Å².